The maximum Gasteiger partial charge on any atom is 0.107 e. The first kappa shape index (κ1) is 14.1. The zero-order valence-corrected chi connectivity index (χ0v) is 13.3. The molecule has 0 radical (unpaired) electrons. The lowest BCUT2D eigenvalue weighted by molar-refractivity contribution is 0.0100. The molecule has 5 heteroatoms. The topological polar surface area (TPSA) is 9.23 Å². The monoisotopic (exact) mass is 356 g/mol. The van der Waals surface area contributed by atoms with Crippen LogP contribution in [-0.4, -0.2) is 12.7 Å². The van der Waals surface area contributed by atoms with Gasteiger partial charge >= 0.3 is 0 Å². The highest BCUT2D eigenvalue weighted by atomic mass is 79.9. The van der Waals surface area contributed by atoms with Crippen molar-refractivity contribution < 1.29 is 4.74 Å². The third-order valence-electron chi connectivity index (χ3n) is 2.99. The van der Waals surface area contributed by atoms with Crippen LogP contribution in [0.2, 0.25) is 4.34 Å². The Morgan fingerprint density at radius 1 is 1.53 bits per heavy atom. The Bertz CT molecular complexity index is 344. The Kier molecular flexibility index (Phi) is 5.62. The molecule has 0 bridgehead atoms. The molecule has 2 rings (SSSR count). The van der Waals surface area contributed by atoms with Crippen LogP contribution < -0.4 is 0 Å². The Balaban J connectivity index is 1.82. The molecule has 17 heavy (non-hydrogen) atoms. The molecule has 2 heterocycles. The first-order valence-corrected chi connectivity index (χ1v) is 8.29. The minimum atomic E-state index is 0.0503. The SMILES string of the molecule is Clc1sc(C(Cl)CCC2CCCCO2)cc1Br. The van der Waals surface area contributed by atoms with Gasteiger partial charge < -0.3 is 4.74 Å². The van der Waals surface area contributed by atoms with Gasteiger partial charge in [-0.25, -0.2) is 0 Å². The van der Waals surface area contributed by atoms with E-state index in [9.17, 15) is 0 Å². The molecule has 0 N–H and O–H groups in total. The van der Waals surface area contributed by atoms with Crippen molar-refractivity contribution in [2.24, 2.45) is 0 Å². The fourth-order valence-electron chi connectivity index (χ4n) is 2.03. The molecular formula is C12H15BrCl2OS. The Morgan fingerprint density at radius 2 is 2.35 bits per heavy atom. The van der Waals surface area contributed by atoms with Gasteiger partial charge in [0.15, 0.2) is 0 Å². The summed E-state index contributed by atoms with van der Waals surface area (Å²) in [4.78, 5) is 1.14. The van der Waals surface area contributed by atoms with Gasteiger partial charge in [-0.2, -0.15) is 0 Å². The molecule has 1 aliphatic heterocycles. The van der Waals surface area contributed by atoms with Crippen LogP contribution in [0.5, 0.6) is 0 Å². The van der Waals surface area contributed by atoms with Crippen LogP contribution in [0.25, 0.3) is 0 Å². The summed E-state index contributed by atoms with van der Waals surface area (Å²) in [7, 11) is 0. The average molecular weight is 358 g/mol. The first-order chi connectivity index (χ1) is 8.16. The smallest absolute Gasteiger partial charge is 0.107 e. The van der Waals surface area contributed by atoms with Gasteiger partial charge in [0.25, 0.3) is 0 Å². The van der Waals surface area contributed by atoms with Crippen molar-refractivity contribution in [3.8, 4) is 0 Å². The number of rotatable bonds is 4. The van der Waals surface area contributed by atoms with Crippen LogP contribution in [0.4, 0.5) is 0 Å². The third kappa shape index (κ3) is 4.10. The lowest BCUT2D eigenvalue weighted by atomic mass is 10.0. The van der Waals surface area contributed by atoms with E-state index >= 15 is 0 Å². The maximum atomic E-state index is 6.39. The minimum Gasteiger partial charge on any atom is -0.378 e. The molecule has 0 aliphatic carbocycles. The summed E-state index contributed by atoms with van der Waals surface area (Å²) < 4.78 is 7.42. The second-order valence-electron chi connectivity index (χ2n) is 4.30. The molecule has 0 spiro atoms. The van der Waals surface area contributed by atoms with Crippen LogP contribution in [0.3, 0.4) is 0 Å². The van der Waals surface area contributed by atoms with Crippen LogP contribution in [0.15, 0.2) is 10.5 Å². The molecule has 1 fully saturated rings. The molecule has 0 saturated carbocycles. The van der Waals surface area contributed by atoms with E-state index in [4.69, 9.17) is 27.9 Å². The number of hydrogen-bond acceptors (Lipinski definition) is 2. The fraction of sp³-hybridized carbons (Fsp3) is 0.667. The number of thiophene rings is 1. The molecule has 0 aromatic carbocycles. The second-order valence-corrected chi connectivity index (χ2v) is 7.37. The number of halogens is 3. The summed E-state index contributed by atoms with van der Waals surface area (Å²) in [6.07, 6.45) is 6.07. The summed E-state index contributed by atoms with van der Waals surface area (Å²) >= 11 is 17.4. The third-order valence-corrected chi connectivity index (χ3v) is 6.16. The van der Waals surface area contributed by atoms with E-state index in [1.807, 2.05) is 6.07 Å². The van der Waals surface area contributed by atoms with Crippen LogP contribution in [-0.2, 0) is 4.74 Å². The van der Waals surface area contributed by atoms with Crippen molar-refractivity contribution in [2.75, 3.05) is 6.61 Å². The molecule has 1 aromatic rings. The molecule has 1 aliphatic rings. The molecule has 1 aromatic heterocycles. The van der Waals surface area contributed by atoms with E-state index in [1.54, 1.807) is 11.3 Å². The van der Waals surface area contributed by atoms with Gasteiger partial charge in [0.2, 0.25) is 0 Å². The van der Waals surface area contributed by atoms with Crippen LogP contribution in [0, 0.1) is 0 Å². The number of ether oxygens (including phenoxy) is 1. The molecule has 96 valence electrons. The van der Waals surface area contributed by atoms with Gasteiger partial charge in [0.1, 0.15) is 4.34 Å². The van der Waals surface area contributed by atoms with Crippen molar-refractivity contribution in [3.63, 3.8) is 0 Å². The number of hydrogen-bond donors (Lipinski definition) is 0. The molecule has 2 atom stereocenters. The standard InChI is InChI=1S/C12H15BrCl2OS/c13-9-7-11(17-12(9)15)10(14)5-4-8-3-1-2-6-16-8/h7-8,10H,1-6H2. The predicted molar refractivity (Wildman–Crippen MR) is 78.4 cm³/mol. The molecule has 0 amide bonds. The highest BCUT2D eigenvalue weighted by Crippen LogP contribution is 2.39. The Hall–Kier alpha value is 0.720. The highest BCUT2D eigenvalue weighted by molar-refractivity contribution is 9.10. The average Bonchev–Trinajstić information content (AvgIpc) is 2.68. The largest absolute Gasteiger partial charge is 0.378 e. The molecule has 1 saturated heterocycles. The van der Waals surface area contributed by atoms with E-state index < -0.39 is 0 Å². The predicted octanol–water partition coefficient (Wildman–Crippen LogP) is 5.79. The molecule has 2 unspecified atom stereocenters. The first-order valence-electron chi connectivity index (χ1n) is 5.87. The molecular weight excluding hydrogens is 343 g/mol. The van der Waals surface area contributed by atoms with Crippen molar-refractivity contribution in [2.45, 2.75) is 43.6 Å². The van der Waals surface area contributed by atoms with E-state index in [2.05, 4.69) is 15.9 Å². The van der Waals surface area contributed by atoms with Crippen LogP contribution >= 0.6 is 50.5 Å². The lowest BCUT2D eigenvalue weighted by Crippen LogP contribution is -2.19. The summed E-state index contributed by atoms with van der Waals surface area (Å²) in [5.41, 5.74) is 0. The summed E-state index contributed by atoms with van der Waals surface area (Å²) in [6, 6.07) is 2.02. The van der Waals surface area contributed by atoms with Gasteiger partial charge in [0.05, 0.1) is 11.5 Å². The van der Waals surface area contributed by atoms with Gasteiger partial charge in [0, 0.05) is 16.0 Å². The van der Waals surface area contributed by atoms with Crippen molar-refractivity contribution >= 4 is 50.5 Å². The second kappa shape index (κ2) is 6.76. The van der Waals surface area contributed by atoms with Gasteiger partial charge in [-0.3, -0.25) is 0 Å². The minimum absolute atomic E-state index is 0.0503. The van der Waals surface area contributed by atoms with Gasteiger partial charge in [-0.05, 0) is 54.1 Å². The van der Waals surface area contributed by atoms with Gasteiger partial charge in [-0.15, -0.1) is 22.9 Å². The zero-order valence-electron chi connectivity index (χ0n) is 9.43. The normalized spacial score (nSPS) is 22.6. The van der Waals surface area contributed by atoms with Crippen molar-refractivity contribution in [3.05, 3.63) is 19.8 Å². The van der Waals surface area contributed by atoms with E-state index in [-0.39, 0.29) is 5.38 Å². The maximum absolute atomic E-state index is 6.39. The Labute approximate surface area is 125 Å². The van der Waals surface area contributed by atoms with E-state index in [0.29, 0.717) is 6.10 Å². The van der Waals surface area contributed by atoms with Gasteiger partial charge in [-0.1, -0.05) is 11.6 Å². The summed E-state index contributed by atoms with van der Waals surface area (Å²) in [5, 5.41) is 0.0503. The summed E-state index contributed by atoms with van der Waals surface area (Å²) in [5.74, 6) is 0. The zero-order chi connectivity index (χ0) is 12.3. The van der Waals surface area contributed by atoms with E-state index in [1.165, 1.54) is 19.3 Å². The fourth-order valence-corrected chi connectivity index (χ4v) is 4.10. The molecule has 1 nitrogen and oxygen atoms in total. The number of alkyl halides is 1. The van der Waals surface area contributed by atoms with Crippen LogP contribution in [0.1, 0.15) is 42.4 Å². The van der Waals surface area contributed by atoms with Crippen molar-refractivity contribution in [1.29, 1.82) is 0 Å². The Morgan fingerprint density at radius 3 is 2.94 bits per heavy atom. The van der Waals surface area contributed by atoms with Crippen molar-refractivity contribution in [1.82, 2.24) is 0 Å². The lowest BCUT2D eigenvalue weighted by Gasteiger charge is -2.23. The van der Waals surface area contributed by atoms with E-state index in [0.717, 1.165) is 33.1 Å². The summed E-state index contributed by atoms with van der Waals surface area (Å²) in [6.45, 7) is 0.911. The quantitative estimate of drug-likeness (QED) is 0.619. The highest BCUT2D eigenvalue weighted by Gasteiger charge is 2.18.